The smallest absolute Gasteiger partial charge is 0.341 e. The maximum Gasteiger partial charge on any atom is 0.341 e. The molecule has 2 aromatic rings. The van der Waals surface area contributed by atoms with Crippen LogP contribution in [0.1, 0.15) is 40.6 Å². The lowest BCUT2D eigenvalue weighted by Crippen LogP contribution is -2.21. The van der Waals surface area contributed by atoms with Gasteiger partial charge in [-0.25, -0.2) is 4.79 Å². The van der Waals surface area contributed by atoms with E-state index in [4.69, 9.17) is 9.47 Å². The molecule has 138 valence electrons. The number of halogens is 1. The number of anilines is 1. The van der Waals surface area contributed by atoms with Crippen molar-refractivity contribution in [3.05, 3.63) is 43.8 Å². The van der Waals surface area contributed by atoms with Gasteiger partial charge in [0, 0.05) is 8.45 Å². The third-order valence-corrected chi connectivity index (χ3v) is 6.01. The molecular formula is C19H20INO4S. The second-order valence-electron chi connectivity index (χ2n) is 5.93. The van der Waals surface area contributed by atoms with Crippen LogP contribution < -0.4 is 10.1 Å². The van der Waals surface area contributed by atoms with Crippen LogP contribution in [-0.4, -0.2) is 25.1 Å². The molecule has 0 unspecified atom stereocenters. The fourth-order valence-electron chi connectivity index (χ4n) is 2.92. The Morgan fingerprint density at radius 3 is 2.65 bits per heavy atom. The highest BCUT2D eigenvalue weighted by Crippen LogP contribution is 2.38. The molecule has 0 atom stereocenters. The van der Waals surface area contributed by atoms with Gasteiger partial charge in [0.1, 0.15) is 10.8 Å². The zero-order valence-electron chi connectivity index (χ0n) is 14.5. The minimum atomic E-state index is -0.360. The van der Waals surface area contributed by atoms with Crippen molar-refractivity contribution in [2.45, 2.75) is 32.6 Å². The number of aryl methyl sites for hydroxylation is 1. The molecule has 0 saturated heterocycles. The monoisotopic (exact) mass is 485 g/mol. The van der Waals surface area contributed by atoms with E-state index in [1.165, 1.54) is 16.2 Å². The number of rotatable bonds is 6. The van der Waals surface area contributed by atoms with Crippen molar-refractivity contribution in [1.82, 2.24) is 0 Å². The fraction of sp³-hybridized carbons (Fsp3) is 0.368. The van der Waals surface area contributed by atoms with E-state index in [0.29, 0.717) is 22.9 Å². The highest BCUT2D eigenvalue weighted by atomic mass is 127. The van der Waals surface area contributed by atoms with Gasteiger partial charge in [-0.1, -0.05) is 0 Å². The molecular weight excluding hydrogens is 465 g/mol. The second-order valence-corrected chi connectivity index (χ2v) is 8.28. The van der Waals surface area contributed by atoms with Gasteiger partial charge in [0.2, 0.25) is 0 Å². The number of carbonyl (C=O) groups is 2. The molecule has 0 radical (unpaired) electrons. The van der Waals surface area contributed by atoms with Crippen LogP contribution in [-0.2, 0) is 22.4 Å². The Morgan fingerprint density at radius 1 is 1.19 bits per heavy atom. The number of esters is 1. The van der Waals surface area contributed by atoms with Crippen LogP contribution in [0.15, 0.2) is 24.3 Å². The SMILES string of the molecule is CCOC(=O)c1c(NC(=O)COc2ccc(I)cc2)sc2c1CCCC2. The largest absolute Gasteiger partial charge is 0.484 e. The van der Waals surface area contributed by atoms with E-state index in [2.05, 4.69) is 27.9 Å². The van der Waals surface area contributed by atoms with Gasteiger partial charge in [-0.2, -0.15) is 0 Å². The number of fused-ring (bicyclic) bond motifs is 1. The van der Waals surface area contributed by atoms with Crippen molar-refractivity contribution in [2.24, 2.45) is 0 Å². The predicted octanol–water partition coefficient (Wildman–Crippen LogP) is 4.43. The Balaban J connectivity index is 1.71. The molecule has 0 bridgehead atoms. The fourth-order valence-corrected chi connectivity index (χ4v) is 4.57. The number of ether oxygens (including phenoxy) is 2. The summed E-state index contributed by atoms with van der Waals surface area (Å²) in [7, 11) is 0. The van der Waals surface area contributed by atoms with Crippen LogP contribution in [0.2, 0.25) is 0 Å². The van der Waals surface area contributed by atoms with E-state index < -0.39 is 0 Å². The summed E-state index contributed by atoms with van der Waals surface area (Å²) in [4.78, 5) is 25.9. The molecule has 1 aliphatic rings. The van der Waals surface area contributed by atoms with Gasteiger partial charge >= 0.3 is 5.97 Å². The highest BCUT2D eigenvalue weighted by Gasteiger charge is 2.27. The highest BCUT2D eigenvalue weighted by molar-refractivity contribution is 14.1. The summed E-state index contributed by atoms with van der Waals surface area (Å²) < 4.78 is 11.8. The molecule has 26 heavy (non-hydrogen) atoms. The summed E-state index contributed by atoms with van der Waals surface area (Å²) in [6.45, 7) is 1.99. The first-order valence-corrected chi connectivity index (χ1v) is 10.5. The zero-order chi connectivity index (χ0) is 18.5. The topological polar surface area (TPSA) is 64.6 Å². The maximum absolute atomic E-state index is 12.4. The Bertz CT molecular complexity index is 801. The summed E-state index contributed by atoms with van der Waals surface area (Å²) in [5.41, 5.74) is 1.56. The quantitative estimate of drug-likeness (QED) is 0.486. The minimum Gasteiger partial charge on any atom is -0.484 e. The van der Waals surface area contributed by atoms with E-state index >= 15 is 0 Å². The molecule has 5 nitrogen and oxygen atoms in total. The third-order valence-electron chi connectivity index (χ3n) is 4.09. The van der Waals surface area contributed by atoms with Gasteiger partial charge in [-0.15, -0.1) is 11.3 Å². The first-order valence-electron chi connectivity index (χ1n) is 8.58. The number of nitrogens with one attached hydrogen (secondary N) is 1. The van der Waals surface area contributed by atoms with Crippen molar-refractivity contribution in [3.63, 3.8) is 0 Å². The zero-order valence-corrected chi connectivity index (χ0v) is 17.4. The molecule has 0 spiro atoms. The van der Waals surface area contributed by atoms with Crippen molar-refractivity contribution in [2.75, 3.05) is 18.5 Å². The van der Waals surface area contributed by atoms with Crippen LogP contribution >= 0.6 is 33.9 Å². The first kappa shape index (κ1) is 19.2. The molecule has 0 fully saturated rings. The van der Waals surface area contributed by atoms with E-state index in [0.717, 1.165) is 34.8 Å². The van der Waals surface area contributed by atoms with Crippen molar-refractivity contribution in [1.29, 1.82) is 0 Å². The Kier molecular flexibility index (Phi) is 6.53. The van der Waals surface area contributed by atoms with Gasteiger partial charge in [-0.05, 0) is 85.0 Å². The minimum absolute atomic E-state index is 0.106. The van der Waals surface area contributed by atoms with E-state index in [1.54, 1.807) is 6.92 Å². The van der Waals surface area contributed by atoms with Gasteiger partial charge in [0.15, 0.2) is 6.61 Å². The predicted molar refractivity (Wildman–Crippen MR) is 110 cm³/mol. The molecule has 3 rings (SSSR count). The van der Waals surface area contributed by atoms with E-state index in [9.17, 15) is 9.59 Å². The number of hydrogen-bond acceptors (Lipinski definition) is 5. The summed E-state index contributed by atoms with van der Waals surface area (Å²) >= 11 is 3.69. The molecule has 0 saturated carbocycles. The molecule has 0 aliphatic heterocycles. The van der Waals surface area contributed by atoms with Crippen LogP contribution in [0.5, 0.6) is 5.75 Å². The van der Waals surface area contributed by atoms with Crippen LogP contribution in [0, 0.1) is 3.57 Å². The lowest BCUT2D eigenvalue weighted by molar-refractivity contribution is -0.118. The van der Waals surface area contributed by atoms with Crippen molar-refractivity contribution >= 4 is 50.8 Å². The molecule has 7 heteroatoms. The average Bonchev–Trinajstić information content (AvgIpc) is 2.99. The molecule has 1 amide bonds. The van der Waals surface area contributed by atoms with Crippen LogP contribution in [0.3, 0.4) is 0 Å². The Labute approximate surface area is 170 Å². The maximum atomic E-state index is 12.4. The number of benzene rings is 1. The number of carbonyl (C=O) groups excluding carboxylic acids is 2. The standard InChI is InChI=1S/C19H20INO4S/c1-2-24-19(23)17-14-5-3-4-6-15(14)26-18(17)21-16(22)11-25-13-9-7-12(20)8-10-13/h7-10H,2-6,11H2,1H3,(H,21,22). The van der Waals surface area contributed by atoms with Gasteiger partial charge in [-0.3, -0.25) is 4.79 Å². The molecule has 1 aromatic carbocycles. The van der Waals surface area contributed by atoms with Gasteiger partial charge in [0.25, 0.3) is 5.91 Å². The molecule has 1 N–H and O–H groups in total. The van der Waals surface area contributed by atoms with Crippen LogP contribution in [0.4, 0.5) is 5.00 Å². The average molecular weight is 485 g/mol. The van der Waals surface area contributed by atoms with E-state index in [1.807, 2.05) is 24.3 Å². The van der Waals surface area contributed by atoms with Gasteiger partial charge < -0.3 is 14.8 Å². The summed E-state index contributed by atoms with van der Waals surface area (Å²) in [6, 6.07) is 7.48. The van der Waals surface area contributed by atoms with Crippen molar-refractivity contribution < 1.29 is 19.1 Å². The number of hydrogen-bond donors (Lipinski definition) is 1. The lowest BCUT2D eigenvalue weighted by atomic mass is 9.95. The number of amides is 1. The second kappa shape index (κ2) is 8.85. The third kappa shape index (κ3) is 4.56. The summed E-state index contributed by atoms with van der Waals surface area (Å²) in [5.74, 6) is -0.00916. The summed E-state index contributed by atoms with van der Waals surface area (Å²) in [6.07, 6.45) is 3.97. The molecule has 1 heterocycles. The Hall–Kier alpha value is -1.61. The first-order chi connectivity index (χ1) is 12.6. The molecule has 1 aliphatic carbocycles. The molecule has 1 aromatic heterocycles. The number of thiophene rings is 1. The van der Waals surface area contributed by atoms with Crippen molar-refractivity contribution in [3.8, 4) is 5.75 Å². The van der Waals surface area contributed by atoms with E-state index in [-0.39, 0.29) is 18.5 Å². The summed E-state index contributed by atoms with van der Waals surface area (Å²) in [5, 5.41) is 3.42. The van der Waals surface area contributed by atoms with Gasteiger partial charge in [0.05, 0.1) is 12.2 Å². The normalized spacial score (nSPS) is 13.0. The lowest BCUT2D eigenvalue weighted by Gasteiger charge is -2.12. The van der Waals surface area contributed by atoms with Crippen LogP contribution in [0.25, 0.3) is 0 Å². The Morgan fingerprint density at radius 2 is 1.92 bits per heavy atom.